The van der Waals surface area contributed by atoms with Gasteiger partial charge in [-0.05, 0) is 74.1 Å². The van der Waals surface area contributed by atoms with Gasteiger partial charge in [-0.1, -0.05) is 67.6 Å². The van der Waals surface area contributed by atoms with Crippen LogP contribution in [0.3, 0.4) is 0 Å². The normalized spacial score (nSPS) is 18.2. The molecule has 0 unspecified atom stereocenters. The summed E-state index contributed by atoms with van der Waals surface area (Å²) in [5.41, 5.74) is 5.68. The summed E-state index contributed by atoms with van der Waals surface area (Å²) in [4.78, 5) is 13.1. The Morgan fingerprint density at radius 3 is 2.39 bits per heavy atom. The SMILES string of the molecule is Cc1ccc(C)c(C(=O)N[C@@H](c2ccc(CCC3CC3)cc2)C2CCCC2)c1. The fourth-order valence-electron chi connectivity index (χ4n) is 4.63. The van der Waals surface area contributed by atoms with Crippen LogP contribution in [0.15, 0.2) is 42.5 Å². The molecular weight excluding hydrogens is 342 g/mol. The van der Waals surface area contributed by atoms with Crippen LogP contribution in [0.25, 0.3) is 0 Å². The molecule has 0 radical (unpaired) electrons. The minimum absolute atomic E-state index is 0.0657. The van der Waals surface area contributed by atoms with Gasteiger partial charge in [-0.2, -0.15) is 0 Å². The fraction of sp³-hybridized carbons (Fsp3) is 0.500. The number of nitrogens with one attached hydrogen (secondary N) is 1. The molecule has 2 aromatic rings. The first-order valence-electron chi connectivity index (χ1n) is 11.1. The van der Waals surface area contributed by atoms with E-state index in [9.17, 15) is 4.79 Å². The lowest BCUT2D eigenvalue weighted by Crippen LogP contribution is -2.33. The van der Waals surface area contributed by atoms with Gasteiger partial charge in [0.05, 0.1) is 6.04 Å². The lowest BCUT2D eigenvalue weighted by atomic mass is 9.90. The zero-order valence-corrected chi connectivity index (χ0v) is 17.3. The van der Waals surface area contributed by atoms with Crippen molar-refractivity contribution in [2.24, 2.45) is 11.8 Å². The van der Waals surface area contributed by atoms with E-state index >= 15 is 0 Å². The van der Waals surface area contributed by atoms with E-state index in [1.54, 1.807) is 0 Å². The van der Waals surface area contributed by atoms with Gasteiger partial charge < -0.3 is 5.32 Å². The molecular formula is C26H33NO. The Morgan fingerprint density at radius 1 is 1.00 bits per heavy atom. The monoisotopic (exact) mass is 375 g/mol. The van der Waals surface area contributed by atoms with Crippen LogP contribution in [0.5, 0.6) is 0 Å². The maximum absolute atomic E-state index is 13.1. The maximum Gasteiger partial charge on any atom is 0.252 e. The van der Waals surface area contributed by atoms with Crippen LogP contribution in [0, 0.1) is 25.7 Å². The quantitative estimate of drug-likeness (QED) is 0.604. The van der Waals surface area contributed by atoms with E-state index in [0.29, 0.717) is 5.92 Å². The Labute approximate surface area is 169 Å². The lowest BCUT2D eigenvalue weighted by molar-refractivity contribution is 0.0921. The molecule has 1 atom stereocenters. The van der Waals surface area contributed by atoms with Gasteiger partial charge in [0.1, 0.15) is 0 Å². The number of hydrogen-bond acceptors (Lipinski definition) is 1. The first kappa shape index (κ1) is 19.2. The van der Waals surface area contributed by atoms with Crippen LogP contribution in [-0.2, 0) is 6.42 Å². The van der Waals surface area contributed by atoms with Gasteiger partial charge in [-0.3, -0.25) is 4.79 Å². The predicted molar refractivity (Wildman–Crippen MR) is 116 cm³/mol. The second-order valence-corrected chi connectivity index (χ2v) is 9.04. The van der Waals surface area contributed by atoms with Gasteiger partial charge in [0.15, 0.2) is 0 Å². The van der Waals surface area contributed by atoms with Gasteiger partial charge >= 0.3 is 0 Å². The second-order valence-electron chi connectivity index (χ2n) is 9.04. The van der Waals surface area contributed by atoms with Crippen molar-refractivity contribution in [3.63, 3.8) is 0 Å². The first-order valence-corrected chi connectivity index (χ1v) is 11.1. The third-order valence-electron chi connectivity index (χ3n) is 6.67. The van der Waals surface area contributed by atoms with E-state index < -0.39 is 0 Å². The third-order valence-corrected chi connectivity index (χ3v) is 6.67. The molecule has 0 aromatic heterocycles. The smallest absolute Gasteiger partial charge is 0.252 e. The van der Waals surface area contributed by atoms with Crippen LogP contribution < -0.4 is 5.32 Å². The molecule has 2 aliphatic carbocycles. The third kappa shape index (κ3) is 4.66. The van der Waals surface area contributed by atoms with Crippen LogP contribution in [-0.4, -0.2) is 5.91 Å². The summed E-state index contributed by atoms with van der Waals surface area (Å²) in [6.45, 7) is 4.07. The maximum atomic E-state index is 13.1. The summed E-state index contributed by atoms with van der Waals surface area (Å²) in [5.74, 6) is 1.59. The highest BCUT2D eigenvalue weighted by atomic mass is 16.1. The van der Waals surface area contributed by atoms with Crippen molar-refractivity contribution < 1.29 is 4.79 Å². The molecule has 0 spiro atoms. The molecule has 2 saturated carbocycles. The van der Waals surface area contributed by atoms with E-state index in [1.165, 1.54) is 62.5 Å². The highest BCUT2D eigenvalue weighted by Crippen LogP contribution is 2.37. The van der Waals surface area contributed by atoms with E-state index in [1.807, 2.05) is 26.0 Å². The average molecular weight is 376 g/mol. The van der Waals surface area contributed by atoms with Crippen LogP contribution in [0.1, 0.15) is 83.6 Å². The van der Waals surface area contributed by atoms with Gasteiger partial charge in [-0.25, -0.2) is 0 Å². The van der Waals surface area contributed by atoms with E-state index in [4.69, 9.17) is 0 Å². The molecule has 0 saturated heterocycles. The largest absolute Gasteiger partial charge is 0.345 e. The van der Waals surface area contributed by atoms with E-state index in [2.05, 4.69) is 35.6 Å². The summed E-state index contributed by atoms with van der Waals surface area (Å²) < 4.78 is 0. The number of amides is 1. The second kappa shape index (κ2) is 8.51. The molecule has 0 bridgehead atoms. The summed E-state index contributed by atoms with van der Waals surface area (Å²) in [7, 11) is 0. The Bertz CT molecular complexity index is 813. The van der Waals surface area contributed by atoms with Crippen LogP contribution in [0.4, 0.5) is 0 Å². The van der Waals surface area contributed by atoms with Gasteiger partial charge in [0.2, 0.25) is 0 Å². The average Bonchev–Trinajstić information content (AvgIpc) is 3.38. The fourth-order valence-corrected chi connectivity index (χ4v) is 4.63. The Kier molecular flexibility index (Phi) is 5.85. The zero-order valence-electron chi connectivity index (χ0n) is 17.3. The zero-order chi connectivity index (χ0) is 19.5. The van der Waals surface area contributed by atoms with Crippen molar-refractivity contribution in [3.05, 3.63) is 70.3 Å². The van der Waals surface area contributed by atoms with Crippen molar-refractivity contribution in [3.8, 4) is 0 Å². The standard InChI is InChI=1S/C26H33NO/c1-18-7-8-19(2)24(17-18)26(28)27-25(22-5-3-4-6-22)23-15-13-21(14-16-23)12-11-20-9-10-20/h7-8,13-17,20,22,25H,3-6,9-12H2,1-2H3,(H,27,28)/t25-/m1/s1. The van der Waals surface area contributed by atoms with E-state index in [0.717, 1.165) is 22.6 Å². The minimum atomic E-state index is 0.0657. The molecule has 2 heteroatoms. The predicted octanol–water partition coefficient (Wildman–Crippen LogP) is 6.31. The van der Waals surface area contributed by atoms with Crippen molar-refractivity contribution in [2.45, 2.75) is 71.3 Å². The Balaban J connectivity index is 1.51. The molecule has 2 aromatic carbocycles. The molecule has 1 amide bonds. The highest BCUT2D eigenvalue weighted by Gasteiger charge is 2.28. The molecule has 148 valence electrons. The van der Waals surface area contributed by atoms with Gasteiger partial charge in [0.25, 0.3) is 5.91 Å². The van der Waals surface area contributed by atoms with E-state index in [-0.39, 0.29) is 11.9 Å². The van der Waals surface area contributed by atoms with Crippen LogP contribution >= 0.6 is 0 Å². The number of rotatable bonds is 7. The topological polar surface area (TPSA) is 29.1 Å². The van der Waals surface area contributed by atoms with Crippen molar-refractivity contribution in [2.75, 3.05) is 0 Å². The first-order chi connectivity index (χ1) is 13.6. The van der Waals surface area contributed by atoms with Gasteiger partial charge in [-0.15, -0.1) is 0 Å². The van der Waals surface area contributed by atoms with Crippen molar-refractivity contribution >= 4 is 5.91 Å². The summed E-state index contributed by atoms with van der Waals surface area (Å²) in [6.07, 6.45) is 10.3. The molecule has 1 N–H and O–H groups in total. The number of hydrogen-bond donors (Lipinski definition) is 1. The number of benzene rings is 2. The Hall–Kier alpha value is -2.09. The summed E-state index contributed by atoms with van der Waals surface area (Å²) in [5, 5.41) is 3.40. The Morgan fingerprint density at radius 2 is 1.71 bits per heavy atom. The molecule has 28 heavy (non-hydrogen) atoms. The molecule has 4 rings (SSSR count). The summed E-state index contributed by atoms with van der Waals surface area (Å²) in [6, 6.07) is 15.3. The summed E-state index contributed by atoms with van der Waals surface area (Å²) >= 11 is 0. The number of carbonyl (C=O) groups excluding carboxylic acids is 1. The van der Waals surface area contributed by atoms with Crippen LogP contribution in [0.2, 0.25) is 0 Å². The number of carbonyl (C=O) groups is 1. The highest BCUT2D eigenvalue weighted by molar-refractivity contribution is 5.96. The lowest BCUT2D eigenvalue weighted by Gasteiger charge is -2.26. The minimum Gasteiger partial charge on any atom is -0.345 e. The van der Waals surface area contributed by atoms with Crippen molar-refractivity contribution in [1.82, 2.24) is 5.32 Å². The molecule has 0 aliphatic heterocycles. The molecule has 2 aliphatic rings. The molecule has 2 nitrogen and oxygen atoms in total. The van der Waals surface area contributed by atoms with Crippen molar-refractivity contribution in [1.29, 1.82) is 0 Å². The molecule has 0 heterocycles. The molecule has 2 fully saturated rings. The number of aryl methyl sites for hydroxylation is 3. The van der Waals surface area contributed by atoms with Gasteiger partial charge in [0, 0.05) is 5.56 Å².